The van der Waals surface area contributed by atoms with Crippen LogP contribution in [-0.2, 0) is 11.3 Å². The van der Waals surface area contributed by atoms with Crippen molar-refractivity contribution in [3.8, 4) is 0 Å². The van der Waals surface area contributed by atoms with Gasteiger partial charge < -0.3 is 15.3 Å². The quantitative estimate of drug-likeness (QED) is 0.404. The molecule has 0 saturated heterocycles. The predicted molar refractivity (Wildman–Crippen MR) is 145 cm³/mol. The van der Waals surface area contributed by atoms with E-state index in [-0.39, 0.29) is 30.3 Å². The first-order chi connectivity index (χ1) is 18.1. The van der Waals surface area contributed by atoms with Gasteiger partial charge in [0.05, 0.1) is 12.6 Å². The molecule has 2 aliphatic carbocycles. The summed E-state index contributed by atoms with van der Waals surface area (Å²) in [7, 11) is 0. The summed E-state index contributed by atoms with van der Waals surface area (Å²) in [6.07, 6.45) is 6.11. The summed E-state index contributed by atoms with van der Waals surface area (Å²) in [5.74, 6) is 0.154. The Balaban J connectivity index is 1.27. The predicted octanol–water partition coefficient (Wildman–Crippen LogP) is 5.62. The van der Waals surface area contributed by atoms with E-state index in [2.05, 4.69) is 29.6 Å². The van der Waals surface area contributed by atoms with E-state index >= 15 is 0 Å². The van der Waals surface area contributed by atoms with Crippen LogP contribution in [0.4, 0.5) is 0 Å². The van der Waals surface area contributed by atoms with Crippen LogP contribution >= 0.6 is 0 Å². The molecular weight excluding hydrogens is 460 g/mol. The maximum Gasteiger partial charge on any atom is 0.254 e. The normalized spacial score (nSPS) is 20.1. The maximum absolute atomic E-state index is 13.4. The van der Waals surface area contributed by atoms with Gasteiger partial charge in [-0.05, 0) is 60.4 Å². The fourth-order valence-corrected chi connectivity index (χ4v) is 5.61. The van der Waals surface area contributed by atoms with Gasteiger partial charge >= 0.3 is 0 Å². The number of rotatable bonds is 9. The van der Waals surface area contributed by atoms with Crippen molar-refractivity contribution in [2.24, 2.45) is 5.92 Å². The van der Waals surface area contributed by atoms with Crippen molar-refractivity contribution in [1.29, 1.82) is 0 Å². The van der Waals surface area contributed by atoms with Crippen molar-refractivity contribution >= 4 is 11.8 Å². The molecule has 5 nitrogen and oxygen atoms in total. The van der Waals surface area contributed by atoms with Crippen LogP contribution in [0.3, 0.4) is 0 Å². The van der Waals surface area contributed by atoms with Gasteiger partial charge in [0.2, 0.25) is 5.91 Å². The zero-order chi connectivity index (χ0) is 25.6. The Labute approximate surface area is 219 Å². The summed E-state index contributed by atoms with van der Waals surface area (Å²) >= 11 is 0. The lowest BCUT2D eigenvalue weighted by atomic mass is 9.74. The van der Waals surface area contributed by atoms with Gasteiger partial charge in [-0.25, -0.2) is 0 Å². The highest BCUT2D eigenvalue weighted by atomic mass is 16.3. The fourth-order valence-electron chi connectivity index (χ4n) is 5.61. The van der Waals surface area contributed by atoms with Crippen molar-refractivity contribution < 1.29 is 14.7 Å². The minimum absolute atomic E-state index is 0.0186. The number of nitrogens with one attached hydrogen (secondary N) is 1. The second-order valence-electron chi connectivity index (χ2n) is 10.4. The smallest absolute Gasteiger partial charge is 0.254 e. The number of carbonyl (C=O) groups is 2. The van der Waals surface area contributed by atoms with E-state index in [1.165, 1.54) is 5.56 Å². The molecule has 0 spiro atoms. The molecule has 3 atom stereocenters. The van der Waals surface area contributed by atoms with Crippen LogP contribution in [-0.4, -0.2) is 34.5 Å². The lowest BCUT2D eigenvalue weighted by Crippen LogP contribution is -2.39. The van der Waals surface area contributed by atoms with Gasteiger partial charge in [0.25, 0.3) is 5.91 Å². The average molecular weight is 497 g/mol. The van der Waals surface area contributed by atoms with Crippen LogP contribution in [0, 0.1) is 5.92 Å². The molecular formula is C32H36N2O3. The third-order valence-corrected chi connectivity index (χ3v) is 7.83. The number of hydrogen-bond donors (Lipinski definition) is 2. The topological polar surface area (TPSA) is 69.6 Å². The van der Waals surface area contributed by atoms with Gasteiger partial charge in [-0.15, -0.1) is 0 Å². The van der Waals surface area contributed by atoms with E-state index in [0.29, 0.717) is 12.6 Å². The minimum Gasteiger partial charge on any atom is -0.394 e. The zero-order valence-corrected chi connectivity index (χ0v) is 21.3. The highest BCUT2D eigenvalue weighted by Crippen LogP contribution is 2.39. The molecule has 5 heteroatoms. The number of hydrogen-bond acceptors (Lipinski definition) is 3. The van der Waals surface area contributed by atoms with Crippen LogP contribution in [0.25, 0.3) is 0 Å². The van der Waals surface area contributed by atoms with Crippen LogP contribution in [0.5, 0.6) is 0 Å². The fraction of sp³-hybridized carbons (Fsp3) is 0.375. The molecule has 2 amide bonds. The van der Waals surface area contributed by atoms with E-state index in [4.69, 9.17) is 0 Å². The summed E-state index contributed by atoms with van der Waals surface area (Å²) < 4.78 is 0. The Morgan fingerprint density at radius 2 is 1.49 bits per heavy atom. The van der Waals surface area contributed by atoms with E-state index < -0.39 is 6.04 Å². The highest BCUT2D eigenvalue weighted by molar-refractivity contribution is 5.94. The molecule has 37 heavy (non-hydrogen) atoms. The largest absolute Gasteiger partial charge is 0.394 e. The first-order valence-corrected chi connectivity index (χ1v) is 13.5. The lowest BCUT2D eigenvalue weighted by Gasteiger charge is -2.32. The molecule has 0 bridgehead atoms. The molecule has 0 radical (unpaired) electrons. The molecule has 2 aliphatic rings. The SMILES string of the molecule is O=C(NC(CO)c1ccccc1)C1CCCCC1c1ccc(CN(C(=O)c2ccccc2)C2CC2)cc1. The molecule has 3 aromatic rings. The van der Waals surface area contributed by atoms with Crippen LogP contribution < -0.4 is 5.32 Å². The van der Waals surface area contributed by atoms with Gasteiger partial charge in [0, 0.05) is 24.1 Å². The molecule has 0 heterocycles. The molecule has 2 N–H and O–H groups in total. The van der Waals surface area contributed by atoms with Crippen molar-refractivity contribution in [3.63, 3.8) is 0 Å². The van der Waals surface area contributed by atoms with Crippen molar-refractivity contribution in [1.82, 2.24) is 10.2 Å². The van der Waals surface area contributed by atoms with Crippen LogP contribution in [0.15, 0.2) is 84.9 Å². The second-order valence-corrected chi connectivity index (χ2v) is 10.4. The van der Waals surface area contributed by atoms with Gasteiger partial charge in [0.15, 0.2) is 0 Å². The number of amides is 2. The first-order valence-electron chi connectivity index (χ1n) is 13.5. The molecule has 3 unspecified atom stereocenters. The number of nitrogens with zero attached hydrogens (tertiary/aromatic N) is 1. The molecule has 0 aliphatic heterocycles. The van der Waals surface area contributed by atoms with E-state index in [9.17, 15) is 14.7 Å². The van der Waals surface area contributed by atoms with Crippen molar-refractivity contribution in [2.75, 3.05) is 6.61 Å². The Kier molecular flexibility index (Phi) is 8.00. The molecule has 5 rings (SSSR count). The Morgan fingerprint density at radius 1 is 0.838 bits per heavy atom. The molecule has 3 aromatic carbocycles. The summed E-state index contributed by atoms with van der Waals surface area (Å²) in [5, 5.41) is 13.0. The second kappa shape index (κ2) is 11.7. The molecule has 2 fully saturated rings. The van der Waals surface area contributed by atoms with Crippen LogP contribution in [0.2, 0.25) is 0 Å². The van der Waals surface area contributed by atoms with Crippen molar-refractivity contribution in [3.05, 3.63) is 107 Å². The summed E-state index contributed by atoms with van der Waals surface area (Å²) in [6, 6.07) is 27.6. The average Bonchev–Trinajstić information content (AvgIpc) is 3.81. The number of benzene rings is 3. The first kappa shape index (κ1) is 25.2. The lowest BCUT2D eigenvalue weighted by molar-refractivity contribution is -0.127. The number of aliphatic hydroxyl groups is 1. The van der Waals surface area contributed by atoms with Crippen LogP contribution in [0.1, 0.15) is 77.5 Å². The minimum atomic E-state index is -0.394. The van der Waals surface area contributed by atoms with E-state index in [1.807, 2.05) is 65.6 Å². The zero-order valence-electron chi connectivity index (χ0n) is 21.3. The van der Waals surface area contributed by atoms with E-state index in [1.54, 1.807) is 0 Å². The van der Waals surface area contributed by atoms with Gasteiger partial charge in [-0.2, -0.15) is 0 Å². The third-order valence-electron chi connectivity index (χ3n) is 7.83. The van der Waals surface area contributed by atoms with Crippen molar-refractivity contribution in [2.45, 2.75) is 63.1 Å². The monoisotopic (exact) mass is 496 g/mol. The highest BCUT2D eigenvalue weighted by Gasteiger charge is 2.34. The Morgan fingerprint density at radius 3 is 2.14 bits per heavy atom. The molecule has 2 saturated carbocycles. The van der Waals surface area contributed by atoms with Gasteiger partial charge in [-0.1, -0.05) is 85.6 Å². The summed E-state index contributed by atoms with van der Waals surface area (Å²) in [5.41, 5.74) is 3.94. The molecule has 0 aromatic heterocycles. The Bertz CT molecular complexity index is 1180. The third kappa shape index (κ3) is 6.11. The van der Waals surface area contributed by atoms with E-state index in [0.717, 1.165) is 55.2 Å². The Hall–Kier alpha value is -3.44. The summed E-state index contributed by atoms with van der Waals surface area (Å²) in [6.45, 7) is 0.476. The van der Waals surface area contributed by atoms with Gasteiger partial charge in [0.1, 0.15) is 0 Å². The number of aliphatic hydroxyl groups excluding tert-OH is 1. The number of carbonyl (C=O) groups excluding carboxylic acids is 2. The van der Waals surface area contributed by atoms with Gasteiger partial charge in [-0.3, -0.25) is 9.59 Å². The summed E-state index contributed by atoms with van der Waals surface area (Å²) in [4.78, 5) is 28.5. The molecule has 192 valence electrons. The maximum atomic E-state index is 13.4. The standard InChI is InChI=1S/C32H36N2O3/c35-22-30(25-9-3-1-4-10-25)33-31(36)29-14-8-7-13-28(29)24-17-15-23(16-18-24)21-34(27-19-20-27)32(37)26-11-5-2-6-12-26/h1-6,9-12,15-18,27-30,35H,7-8,13-14,19-22H2,(H,33,36).